The summed E-state index contributed by atoms with van der Waals surface area (Å²) < 4.78 is 4.69. The van der Waals surface area contributed by atoms with Crippen molar-refractivity contribution in [3.8, 4) is 5.75 Å². The number of phenolic OH excluding ortho intramolecular Hbond substituents is 1. The molecule has 4 nitrogen and oxygen atoms in total. The first-order chi connectivity index (χ1) is 8.66. The number of rotatable bonds is 2. The molecule has 0 saturated carbocycles. The number of ether oxygens (including phenoxy) is 1. The number of hydrogen-bond donors (Lipinski definition) is 1. The lowest BCUT2D eigenvalue weighted by atomic mass is 10.2. The van der Waals surface area contributed by atoms with Crippen molar-refractivity contribution in [2.45, 2.75) is 0 Å². The van der Waals surface area contributed by atoms with Crippen LogP contribution in [0.2, 0.25) is 0 Å². The summed E-state index contributed by atoms with van der Waals surface area (Å²) in [6, 6.07) is 13.8. The van der Waals surface area contributed by atoms with Crippen LogP contribution in [-0.2, 0) is 4.74 Å². The molecular formula is C14H10O4. The molecule has 90 valence electrons. The minimum atomic E-state index is -0.792. The van der Waals surface area contributed by atoms with E-state index in [-0.39, 0.29) is 11.3 Å². The van der Waals surface area contributed by atoms with Crippen LogP contribution in [0.15, 0.2) is 54.6 Å². The van der Waals surface area contributed by atoms with Crippen molar-refractivity contribution in [2.24, 2.45) is 0 Å². The Labute approximate surface area is 103 Å². The third-order valence-corrected chi connectivity index (χ3v) is 2.28. The molecule has 18 heavy (non-hydrogen) atoms. The lowest BCUT2D eigenvalue weighted by molar-refractivity contribution is 0.0397. The Bertz CT molecular complexity index is 575. The standard InChI is InChI=1S/C14H10O4/c15-12-8-4-7-11(9-12)14(17)18-13(16)10-5-2-1-3-6-10/h1-9,15H. The Morgan fingerprint density at radius 2 is 1.44 bits per heavy atom. The highest BCUT2D eigenvalue weighted by molar-refractivity contribution is 6.02. The third-order valence-electron chi connectivity index (χ3n) is 2.28. The molecule has 0 aliphatic rings. The van der Waals surface area contributed by atoms with Crippen LogP contribution in [-0.4, -0.2) is 17.0 Å². The van der Waals surface area contributed by atoms with Gasteiger partial charge in [-0.1, -0.05) is 24.3 Å². The van der Waals surface area contributed by atoms with Crippen molar-refractivity contribution < 1.29 is 19.4 Å². The van der Waals surface area contributed by atoms with Crippen molar-refractivity contribution in [2.75, 3.05) is 0 Å². The first-order valence-corrected chi connectivity index (χ1v) is 5.27. The van der Waals surface area contributed by atoms with Crippen molar-refractivity contribution >= 4 is 11.9 Å². The van der Waals surface area contributed by atoms with Crippen LogP contribution in [0, 0.1) is 0 Å². The predicted molar refractivity (Wildman–Crippen MR) is 64.3 cm³/mol. The van der Waals surface area contributed by atoms with Gasteiger partial charge in [0, 0.05) is 0 Å². The predicted octanol–water partition coefficient (Wildman–Crippen LogP) is 2.39. The number of hydrogen-bond acceptors (Lipinski definition) is 4. The number of esters is 2. The molecule has 0 fully saturated rings. The van der Waals surface area contributed by atoms with Crippen LogP contribution >= 0.6 is 0 Å². The fourth-order valence-corrected chi connectivity index (χ4v) is 1.41. The van der Waals surface area contributed by atoms with Gasteiger partial charge in [0.05, 0.1) is 11.1 Å². The van der Waals surface area contributed by atoms with Crippen LogP contribution < -0.4 is 0 Å². The molecule has 0 heterocycles. The first-order valence-electron chi connectivity index (χ1n) is 5.27. The Morgan fingerprint density at radius 3 is 2.11 bits per heavy atom. The zero-order valence-electron chi connectivity index (χ0n) is 9.37. The van der Waals surface area contributed by atoms with Crippen LogP contribution in [0.1, 0.15) is 20.7 Å². The maximum absolute atomic E-state index is 11.6. The van der Waals surface area contributed by atoms with Gasteiger partial charge < -0.3 is 9.84 Å². The van der Waals surface area contributed by atoms with E-state index < -0.39 is 11.9 Å². The molecule has 0 saturated heterocycles. The zero-order chi connectivity index (χ0) is 13.0. The highest BCUT2D eigenvalue weighted by Crippen LogP contribution is 2.12. The van der Waals surface area contributed by atoms with Crippen LogP contribution in [0.5, 0.6) is 5.75 Å². The minimum Gasteiger partial charge on any atom is -0.508 e. The molecule has 2 rings (SSSR count). The zero-order valence-corrected chi connectivity index (χ0v) is 9.37. The summed E-state index contributed by atoms with van der Waals surface area (Å²) in [5.41, 5.74) is 0.422. The average Bonchev–Trinajstić information content (AvgIpc) is 2.39. The SMILES string of the molecule is O=C(OC(=O)c1cccc(O)c1)c1ccccc1. The fourth-order valence-electron chi connectivity index (χ4n) is 1.41. The second-order valence-corrected chi connectivity index (χ2v) is 3.59. The second-order valence-electron chi connectivity index (χ2n) is 3.59. The van der Waals surface area contributed by atoms with E-state index in [1.54, 1.807) is 30.3 Å². The van der Waals surface area contributed by atoms with E-state index in [9.17, 15) is 14.7 Å². The molecule has 0 aliphatic carbocycles. The number of benzene rings is 2. The largest absolute Gasteiger partial charge is 0.508 e. The first kappa shape index (κ1) is 11.9. The van der Waals surface area contributed by atoms with Crippen molar-refractivity contribution in [3.05, 3.63) is 65.7 Å². The molecule has 0 aromatic heterocycles. The Balaban J connectivity index is 2.11. The molecule has 0 unspecified atom stereocenters. The summed E-state index contributed by atoms with van der Waals surface area (Å²) in [4.78, 5) is 23.2. The van der Waals surface area contributed by atoms with E-state index in [1.165, 1.54) is 24.3 Å². The smallest absolute Gasteiger partial charge is 0.346 e. The molecule has 0 atom stereocenters. The van der Waals surface area contributed by atoms with Crippen molar-refractivity contribution in [1.82, 2.24) is 0 Å². The van der Waals surface area contributed by atoms with Gasteiger partial charge in [0.2, 0.25) is 0 Å². The van der Waals surface area contributed by atoms with Gasteiger partial charge in [-0.25, -0.2) is 9.59 Å². The summed E-state index contributed by atoms with van der Waals surface area (Å²) in [6.07, 6.45) is 0. The Hall–Kier alpha value is -2.62. The number of carbonyl (C=O) groups is 2. The highest BCUT2D eigenvalue weighted by atomic mass is 16.6. The van der Waals surface area contributed by atoms with E-state index in [1.807, 2.05) is 0 Å². The average molecular weight is 242 g/mol. The number of carbonyl (C=O) groups excluding carboxylic acids is 2. The molecule has 0 spiro atoms. The normalized spacial score (nSPS) is 9.78. The van der Waals surface area contributed by atoms with Crippen molar-refractivity contribution in [1.29, 1.82) is 0 Å². The van der Waals surface area contributed by atoms with Gasteiger partial charge in [-0.05, 0) is 30.3 Å². The van der Waals surface area contributed by atoms with Crippen molar-refractivity contribution in [3.63, 3.8) is 0 Å². The van der Waals surface area contributed by atoms with Gasteiger partial charge in [0.15, 0.2) is 0 Å². The van der Waals surface area contributed by atoms with Crippen LogP contribution in [0.3, 0.4) is 0 Å². The Morgan fingerprint density at radius 1 is 0.833 bits per heavy atom. The lowest BCUT2D eigenvalue weighted by Crippen LogP contribution is -2.12. The van der Waals surface area contributed by atoms with E-state index in [2.05, 4.69) is 4.74 Å². The monoisotopic (exact) mass is 242 g/mol. The lowest BCUT2D eigenvalue weighted by Gasteiger charge is -2.03. The van der Waals surface area contributed by atoms with Gasteiger partial charge in [0.1, 0.15) is 5.75 Å². The summed E-state index contributed by atoms with van der Waals surface area (Å²) in [7, 11) is 0. The van der Waals surface area contributed by atoms with Gasteiger partial charge in [0.25, 0.3) is 0 Å². The summed E-state index contributed by atoms with van der Waals surface area (Å²) in [6.45, 7) is 0. The highest BCUT2D eigenvalue weighted by Gasteiger charge is 2.14. The van der Waals surface area contributed by atoms with Gasteiger partial charge in [-0.15, -0.1) is 0 Å². The molecular weight excluding hydrogens is 232 g/mol. The maximum Gasteiger partial charge on any atom is 0.346 e. The van der Waals surface area contributed by atoms with Gasteiger partial charge in [-0.2, -0.15) is 0 Å². The van der Waals surface area contributed by atoms with E-state index in [0.29, 0.717) is 5.56 Å². The van der Waals surface area contributed by atoms with E-state index in [0.717, 1.165) is 0 Å². The molecule has 0 aliphatic heterocycles. The topological polar surface area (TPSA) is 63.6 Å². The molecule has 0 amide bonds. The van der Waals surface area contributed by atoms with E-state index in [4.69, 9.17) is 0 Å². The van der Waals surface area contributed by atoms with Gasteiger partial charge in [-0.3, -0.25) is 0 Å². The molecule has 4 heteroatoms. The fraction of sp³-hybridized carbons (Fsp3) is 0. The van der Waals surface area contributed by atoms with Gasteiger partial charge >= 0.3 is 11.9 Å². The Kier molecular flexibility index (Phi) is 3.38. The van der Waals surface area contributed by atoms with Crippen LogP contribution in [0.25, 0.3) is 0 Å². The quantitative estimate of drug-likeness (QED) is 0.648. The summed E-state index contributed by atoms with van der Waals surface area (Å²) in [5, 5.41) is 9.22. The summed E-state index contributed by atoms with van der Waals surface area (Å²) >= 11 is 0. The second kappa shape index (κ2) is 5.14. The summed E-state index contributed by atoms with van der Waals surface area (Å²) in [5.74, 6) is -1.57. The molecule has 1 N–H and O–H groups in total. The van der Waals surface area contributed by atoms with Crippen LogP contribution in [0.4, 0.5) is 0 Å². The molecule has 2 aromatic rings. The molecule has 2 aromatic carbocycles. The van der Waals surface area contributed by atoms with E-state index >= 15 is 0 Å². The third kappa shape index (κ3) is 2.74. The minimum absolute atomic E-state index is 0.0587. The molecule has 0 bridgehead atoms. The number of aromatic hydroxyl groups is 1. The number of phenols is 1. The maximum atomic E-state index is 11.6. The molecule has 0 radical (unpaired) electrons.